The minimum atomic E-state index is -0.0775. The first-order valence-electron chi connectivity index (χ1n) is 7.99. The zero-order chi connectivity index (χ0) is 15.1. The number of carbonyl (C=O) groups is 1. The lowest BCUT2D eigenvalue weighted by Crippen LogP contribution is -2.40. The second-order valence-corrected chi connectivity index (χ2v) is 6.09. The Morgan fingerprint density at radius 2 is 2.19 bits per heavy atom. The fourth-order valence-electron chi connectivity index (χ4n) is 3.04. The fourth-order valence-corrected chi connectivity index (χ4v) is 3.26. The van der Waals surface area contributed by atoms with E-state index in [2.05, 4.69) is 17.1 Å². The van der Waals surface area contributed by atoms with E-state index in [4.69, 9.17) is 11.6 Å². The molecule has 2 rings (SSSR count). The third-order valence-corrected chi connectivity index (χ3v) is 4.58. The van der Waals surface area contributed by atoms with Gasteiger partial charge in [0.2, 0.25) is 0 Å². The maximum atomic E-state index is 12.0. The Kier molecular flexibility index (Phi) is 6.52. The van der Waals surface area contributed by atoms with E-state index in [9.17, 15) is 4.79 Å². The van der Waals surface area contributed by atoms with Gasteiger partial charge in [-0.15, -0.1) is 0 Å². The summed E-state index contributed by atoms with van der Waals surface area (Å²) in [6, 6.07) is 7.91. The summed E-state index contributed by atoms with van der Waals surface area (Å²) < 4.78 is 0. The largest absolute Gasteiger partial charge is 0.352 e. The van der Waals surface area contributed by atoms with Crippen molar-refractivity contribution in [1.29, 1.82) is 0 Å². The lowest BCUT2D eigenvalue weighted by Gasteiger charge is -2.35. The van der Waals surface area contributed by atoms with Gasteiger partial charge in [0.1, 0.15) is 0 Å². The van der Waals surface area contributed by atoms with Crippen LogP contribution >= 0.6 is 11.6 Å². The summed E-state index contributed by atoms with van der Waals surface area (Å²) in [6.07, 6.45) is 6.21. The number of nitrogens with zero attached hydrogens (tertiary/aromatic N) is 1. The summed E-state index contributed by atoms with van der Waals surface area (Å²) >= 11 is 6.02. The Balaban J connectivity index is 1.72. The smallest absolute Gasteiger partial charge is 0.252 e. The Morgan fingerprint density at radius 3 is 2.95 bits per heavy atom. The monoisotopic (exact) mass is 308 g/mol. The van der Waals surface area contributed by atoms with Gasteiger partial charge in [0.05, 0.1) is 10.6 Å². The van der Waals surface area contributed by atoms with Gasteiger partial charge in [-0.3, -0.25) is 4.79 Å². The molecule has 1 aliphatic rings. The molecule has 1 amide bonds. The molecule has 1 N–H and O–H groups in total. The highest BCUT2D eigenvalue weighted by Crippen LogP contribution is 2.19. The van der Waals surface area contributed by atoms with Gasteiger partial charge in [0.25, 0.3) is 5.91 Å². The van der Waals surface area contributed by atoms with Crippen LogP contribution in [0, 0.1) is 0 Å². The predicted octanol–water partition coefficient (Wildman–Crippen LogP) is 3.72. The van der Waals surface area contributed by atoms with E-state index < -0.39 is 0 Å². The van der Waals surface area contributed by atoms with Crippen LogP contribution in [-0.2, 0) is 0 Å². The second-order valence-electron chi connectivity index (χ2n) is 5.68. The molecule has 0 unspecified atom stereocenters. The van der Waals surface area contributed by atoms with Gasteiger partial charge in [0.15, 0.2) is 0 Å². The number of hydrogen-bond acceptors (Lipinski definition) is 2. The van der Waals surface area contributed by atoms with Crippen LogP contribution < -0.4 is 5.32 Å². The quantitative estimate of drug-likeness (QED) is 0.812. The minimum Gasteiger partial charge on any atom is -0.352 e. The lowest BCUT2D eigenvalue weighted by molar-refractivity contribution is 0.0947. The van der Waals surface area contributed by atoms with Gasteiger partial charge in [-0.1, -0.05) is 37.1 Å². The first-order valence-corrected chi connectivity index (χ1v) is 8.37. The highest BCUT2D eigenvalue weighted by atomic mass is 35.5. The van der Waals surface area contributed by atoms with Gasteiger partial charge in [-0.25, -0.2) is 0 Å². The normalized spacial score (nSPS) is 19.4. The van der Waals surface area contributed by atoms with Crippen molar-refractivity contribution in [2.75, 3.05) is 19.6 Å². The van der Waals surface area contributed by atoms with E-state index in [0.717, 1.165) is 19.0 Å². The number of likely N-dealkylation sites (tertiary alicyclic amines) is 1. The van der Waals surface area contributed by atoms with Crippen LogP contribution in [0.2, 0.25) is 5.02 Å². The Bertz CT molecular complexity index is 464. The predicted molar refractivity (Wildman–Crippen MR) is 87.9 cm³/mol. The van der Waals surface area contributed by atoms with Crippen molar-refractivity contribution in [3.8, 4) is 0 Å². The number of benzene rings is 1. The number of amides is 1. The SMILES string of the molecule is CC[C@@H]1CCCCN1CCCNC(=O)c1ccccc1Cl. The first-order chi connectivity index (χ1) is 10.2. The fraction of sp³-hybridized carbons (Fsp3) is 0.588. The van der Waals surface area contributed by atoms with Crippen molar-refractivity contribution in [2.45, 2.75) is 45.1 Å². The number of nitrogens with one attached hydrogen (secondary N) is 1. The van der Waals surface area contributed by atoms with E-state index in [0.29, 0.717) is 17.1 Å². The zero-order valence-corrected chi connectivity index (χ0v) is 13.5. The molecule has 1 saturated heterocycles. The number of rotatable bonds is 6. The molecule has 1 fully saturated rings. The van der Waals surface area contributed by atoms with Crippen molar-refractivity contribution >= 4 is 17.5 Å². The first kappa shape index (κ1) is 16.3. The standard InChI is InChI=1S/C17H25ClN2O/c1-2-14-8-5-6-12-20(14)13-7-11-19-17(21)15-9-3-4-10-16(15)18/h3-4,9-10,14H,2,5-8,11-13H2,1H3,(H,19,21)/t14-/m1/s1. The molecule has 4 heteroatoms. The molecule has 1 aliphatic heterocycles. The Labute approximate surface area is 132 Å². The van der Waals surface area contributed by atoms with Crippen LogP contribution in [0.4, 0.5) is 0 Å². The molecule has 1 aromatic rings. The lowest BCUT2D eigenvalue weighted by atomic mass is 10.00. The van der Waals surface area contributed by atoms with Gasteiger partial charge in [-0.05, 0) is 44.4 Å². The molecule has 21 heavy (non-hydrogen) atoms. The molecule has 0 aliphatic carbocycles. The van der Waals surface area contributed by atoms with Crippen LogP contribution in [0.15, 0.2) is 24.3 Å². The molecule has 1 aromatic carbocycles. The molecule has 0 bridgehead atoms. The summed E-state index contributed by atoms with van der Waals surface area (Å²) in [6.45, 7) is 5.25. The van der Waals surface area contributed by atoms with Crippen molar-refractivity contribution in [2.24, 2.45) is 0 Å². The average molecular weight is 309 g/mol. The van der Waals surface area contributed by atoms with Gasteiger partial charge < -0.3 is 10.2 Å². The number of halogens is 1. The number of carbonyl (C=O) groups excluding carboxylic acids is 1. The molecule has 116 valence electrons. The Hall–Kier alpha value is -1.06. The molecule has 1 atom stereocenters. The van der Waals surface area contributed by atoms with Gasteiger partial charge in [0, 0.05) is 19.1 Å². The van der Waals surface area contributed by atoms with E-state index >= 15 is 0 Å². The van der Waals surface area contributed by atoms with Gasteiger partial charge >= 0.3 is 0 Å². The van der Waals surface area contributed by atoms with Crippen LogP contribution in [0.25, 0.3) is 0 Å². The maximum absolute atomic E-state index is 12.0. The summed E-state index contributed by atoms with van der Waals surface area (Å²) in [5.74, 6) is -0.0775. The third kappa shape index (κ3) is 4.72. The summed E-state index contributed by atoms with van der Waals surface area (Å²) in [5.41, 5.74) is 0.559. The summed E-state index contributed by atoms with van der Waals surface area (Å²) in [5, 5.41) is 3.47. The summed E-state index contributed by atoms with van der Waals surface area (Å²) in [7, 11) is 0. The molecule has 3 nitrogen and oxygen atoms in total. The van der Waals surface area contributed by atoms with E-state index in [1.807, 2.05) is 12.1 Å². The van der Waals surface area contributed by atoms with Crippen LogP contribution in [-0.4, -0.2) is 36.5 Å². The van der Waals surface area contributed by atoms with Crippen molar-refractivity contribution in [3.63, 3.8) is 0 Å². The van der Waals surface area contributed by atoms with Crippen molar-refractivity contribution in [3.05, 3.63) is 34.9 Å². The second kappa shape index (κ2) is 8.40. The number of hydrogen-bond donors (Lipinski definition) is 1. The molecule has 0 radical (unpaired) electrons. The highest BCUT2D eigenvalue weighted by molar-refractivity contribution is 6.33. The number of piperidine rings is 1. The Morgan fingerprint density at radius 1 is 1.38 bits per heavy atom. The van der Waals surface area contributed by atoms with Crippen molar-refractivity contribution < 1.29 is 4.79 Å². The van der Waals surface area contributed by atoms with E-state index in [1.165, 1.54) is 32.2 Å². The van der Waals surface area contributed by atoms with E-state index in [1.54, 1.807) is 12.1 Å². The maximum Gasteiger partial charge on any atom is 0.252 e. The van der Waals surface area contributed by atoms with Crippen LogP contribution in [0.5, 0.6) is 0 Å². The molecular formula is C17H25ClN2O. The minimum absolute atomic E-state index is 0.0775. The topological polar surface area (TPSA) is 32.3 Å². The molecule has 0 spiro atoms. The van der Waals surface area contributed by atoms with Crippen LogP contribution in [0.1, 0.15) is 49.4 Å². The zero-order valence-electron chi connectivity index (χ0n) is 12.8. The molecular weight excluding hydrogens is 284 g/mol. The summed E-state index contributed by atoms with van der Waals surface area (Å²) in [4.78, 5) is 14.6. The average Bonchev–Trinajstić information content (AvgIpc) is 2.52. The van der Waals surface area contributed by atoms with Crippen molar-refractivity contribution in [1.82, 2.24) is 10.2 Å². The highest BCUT2D eigenvalue weighted by Gasteiger charge is 2.19. The molecule has 1 heterocycles. The molecule has 0 aromatic heterocycles. The van der Waals surface area contributed by atoms with Crippen LogP contribution in [0.3, 0.4) is 0 Å². The van der Waals surface area contributed by atoms with Gasteiger partial charge in [-0.2, -0.15) is 0 Å². The molecule has 0 saturated carbocycles. The van der Waals surface area contributed by atoms with E-state index in [-0.39, 0.29) is 5.91 Å². The third-order valence-electron chi connectivity index (χ3n) is 4.25.